The largest absolute Gasteiger partial charge is 0.271 e. The second-order valence-corrected chi connectivity index (χ2v) is 4.23. The van der Waals surface area contributed by atoms with Crippen molar-refractivity contribution in [3.63, 3.8) is 0 Å². The quantitative estimate of drug-likeness (QED) is 0.663. The van der Waals surface area contributed by atoms with Gasteiger partial charge in [0.15, 0.2) is 11.6 Å². The lowest BCUT2D eigenvalue weighted by molar-refractivity contribution is 0.483. The van der Waals surface area contributed by atoms with Crippen LogP contribution in [0, 0.1) is 11.6 Å². The summed E-state index contributed by atoms with van der Waals surface area (Å²) in [5.74, 6) is 3.61. The second kappa shape index (κ2) is 5.44. The van der Waals surface area contributed by atoms with Crippen molar-refractivity contribution in [1.82, 2.24) is 5.43 Å². The number of nitrogens with one attached hydrogen (secondary N) is 1. The van der Waals surface area contributed by atoms with Crippen LogP contribution in [0.2, 0.25) is 5.02 Å². The van der Waals surface area contributed by atoms with Gasteiger partial charge in [-0.2, -0.15) is 0 Å². The summed E-state index contributed by atoms with van der Waals surface area (Å²) in [6, 6.07) is 10.1. The molecule has 1 atom stereocenters. The smallest absolute Gasteiger partial charge is 0.163 e. The highest BCUT2D eigenvalue weighted by molar-refractivity contribution is 6.30. The lowest BCUT2D eigenvalue weighted by atomic mass is 9.99. The molecule has 5 heteroatoms. The molecule has 94 valence electrons. The van der Waals surface area contributed by atoms with E-state index < -0.39 is 17.7 Å². The Morgan fingerprint density at radius 3 is 2.33 bits per heavy atom. The van der Waals surface area contributed by atoms with Crippen molar-refractivity contribution in [3.8, 4) is 0 Å². The van der Waals surface area contributed by atoms with E-state index in [4.69, 9.17) is 17.4 Å². The number of hydrazine groups is 1. The normalized spacial score (nSPS) is 12.4. The van der Waals surface area contributed by atoms with Gasteiger partial charge in [-0.1, -0.05) is 35.9 Å². The van der Waals surface area contributed by atoms with Crippen molar-refractivity contribution in [2.24, 2.45) is 5.84 Å². The molecule has 0 bridgehead atoms. The van der Waals surface area contributed by atoms with E-state index in [9.17, 15) is 8.78 Å². The molecular weight excluding hydrogens is 258 g/mol. The molecule has 0 spiro atoms. The molecule has 0 aliphatic rings. The van der Waals surface area contributed by atoms with Gasteiger partial charge >= 0.3 is 0 Å². The van der Waals surface area contributed by atoms with E-state index in [1.807, 2.05) is 0 Å². The zero-order valence-electron chi connectivity index (χ0n) is 9.33. The first kappa shape index (κ1) is 13.0. The van der Waals surface area contributed by atoms with Gasteiger partial charge in [0.1, 0.15) is 0 Å². The van der Waals surface area contributed by atoms with Gasteiger partial charge in [-0.15, -0.1) is 0 Å². The van der Waals surface area contributed by atoms with E-state index in [1.54, 1.807) is 24.3 Å². The van der Waals surface area contributed by atoms with E-state index >= 15 is 0 Å². The first-order valence-corrected chi connectivity index (χ1v) is 5.66. The minimum Gasteiger partial charge on any atom is -0.271 e. The van der Waals surface area contributed by atoms with Crippen LogP contribution in [0.4, 0.5) is 8.78 Å². The fourth-order valence-corrected chi connectivity index (χ4v) is 1.89. The van der Waals surface area contributed by atoms with Crippen LogP contribution in [-0.2, 0) is 0 Å². The third-order valence-corrected chi connectivity index (χ3v) is 2.91. The molecule has 0 aliphatic carbocycles. The summed E-state index contributed by atoms with van der Waals surface area (Å²) in [6.45, 7) is 0. The summed E-state index contributed by atoms with van der Waals surface area (Å²) in [6.07, 6.45) is 0. The Balaban J connectivity index is 2.45. The van der Waals surface area contributed by atoms with Gasteiger partial charge in [0.2, 0.25) is 0 Å². The van der Waals surface area contributed by atoms with Crippen LogP contribution < -0.4 is 11.3 Å². The first-order chi connectivity index (χ1) is 8.63. The third kappa shape index (κ3) is 2.51. The standard InChI is InChI=1S/C13H11ClF2N2/c14-9-6-4-8(5-7-9)13(18-17)10-2-1-3-11(15)12(10)16/h1-7,13,18H,17H2. The van der Waals surface area contributed by atoms with Gasteiger partial charge in [-0.3, -0.25) is 5.84 Å². The van der Waals surface area contributed by atoms with Gasteiger partial charge < -0.3 is 0 Å². The molecule has 2 aromatic carbocycles. The van der Waals surface area contributed by atoms with Crippen molar-refractivity contribution in [3.05, 3.63) is 70.2 Å². The molecule has 2 nitrogen and oxygen atoms in total. The molecule has 0 saturated heterocycles. The summed E-state index contributed by atoms with van der Waals surface area (Å²) in [7, 11) is 0. The fraction of sp³-hybridized carbons (Fsp3) is 0.0769. The summed E-state index contributed by atoms with van der Waals surface area (Å²) in [5.41, 5.74) is 3.33. The maximum absolute atomic E-state index is 13.7. The molecule has 2 rings (SSSR count). The fourth-order valence-electron chi connectivity index (χ4n) is 1.76. The second-order valence-electron chi connectivity index (χ2n) is 3.79. The predicted molar refractivity (Wildman–Crippen MR) is 67.0 cm³/mol. The van der Waals surface area contributed by atoms with Crippen molar-refractivity contribution in [2.75, 3.05) is 0 Å². The molecule has 0 fully saturated rings. The maximum Gasteiger partial charge on any atom is 0.163 e. The number of benzene rings is 2. The Morgan fingerprint density at radius 1 is 1.06 bits per heavy atom. The number of hydrogen-bond acceptors (Lipinski definition) is 2. The Hall–Kier alpha value is -1.49. The molecule has 3 N–H and O–H groups in total. The monoisotopic (exact) mass is 268 g/mol. The van der Waals surface area contributed by atoms with Gasteiger partial charge in [-0.25, -0.2) is 14.2 Å². The summed E-state index contributed by atoms with van der Waals surface area (Å²) >= 11 is 5.78. The average Bonchev–Trinajstić information content (AvgIpc) is 2.37. The first-order valence-electron chi connectivity index (χ1n) is 5.29. The van der Waals surface area contributed by atoms with Crippen LogP contribution in [0.5, 0.6) is 0 Å². The Labute approximate surface area is 108 Å². The van der Waals surface area contributed by atoms with E-state index in [0.29, 0.717) is 10.6 Å². The van der Waals surface area contributed by atoms with Crippen LogP contribution in [0.25, 0.3) is 0 Å². The summed E-state index contributed by atoms with van der Waals surface area (Å²) in [4.78, 5) is 0. The number of hydrogen-bond donors (Lipinski definition) is 2. The molecule has 0 aliphatic heterocycles. The Morgan fingerprint density at radius 2 is 1.72 bits per heavy atom. The lowest BCUT2D eigenvalue weighted by Crippen LogP contribution is -2.29. The highest BCUT2D eigenvalue weighted by atomic mass is 35.5. The van der Waals surface area contributed by atoms with Gasteiger partial charge in [-0.05, 0) is 23.8 Å². The van der Waals surface area contributed by atoms with E-state index in [0.717, 1.165) is 6.07 Å². The summed E-state index contributed by atoms with van der Waals surface area (Å²) < 4.78 is 26.9. The molecule has 0 amide bonds. The van der Waals surface area contributed by atoms with Crippen LogP contribution in [-0.4, -0.2) is 0 Å². The van der Waals surface area contributed by atoms with Crippen molar-refractivity contribution < 1.29 is 8.78 Å². The SMILES string of the molecule is NNC(c1ccc(Cl)cc1)c1cccc(F)c1F. The molecule has 18 heavy (non-hydrogen) atoms. The van der Waals surface area contributed by atoms with E-state index in [-0.39, 0.29) is 5.56 Å². The van der Waals surface area contributed by atoms with Crippen LogP contribution in [0.15, 0.2) is 42.5 Å². The number of nitrogens with two attached hydrogens (primary N) is 1. The molecule has 0 heterocycles. The lowest BCUT2D eigenvalue weighted by Gasteiger charge is -2.17. The van der Waals surface area contributed by atoms with Gasteiger partial charge in [0, 0.05) is 10.6 Å². The van der Waals surface area contributed by atoms with Crippen LogP contribution >= 0.6 is 11.6 Å². The number of rotatable bonds is 3. The van der Waals surface area contributed by atoms with Crippen molar-refractivity contribution in [1.29, 1.82) is 0 Å². The topological polar surface area (TPSA) is 38.0 Å². The molecule has 0 radical (unpaired) electrons. The van der Waals surface area contributed by atoms with Crippen molar-refractivity contribution >= 4 is 11.6 Å². The highest BCUT2D eigenvalue weighted by Gasteiger charge is 2.18. The predicted octanol–water partition coefficient (Wildman–Crippen LogP) is 3.17. The molecule has 1 unspecified atom stereocenters. The third-order valence-electron chi connectivity index (χ3n) is 2.66. The van der Waals surface area contributed by atoms with Crippen LogP contribution in [0.1, 0.15) is 17.2 Å². The molecule has 2 aromatic rings. The highest BCUT2D eigenvalue weighted by Crippen LogP contribution is 2.25. The minimum atomic E-state index is -0.907. The summed E-state index contributed by atoms with van der Waals surface area (Å²) in [5, 5.41) is 0.564. The maximum atomic E-state index is 13.7. The zero-order valence-corrected chi connectivity index (χ0v) is 10.1. The van der Waals surface area contributed by atoms with Crippen molar-refractivity contribution in [2.45, 2.75) is 6.04 Å². The van der Waals surface area contributed by atoms with Gasteiger partial charge in [0.05, 0.1) is 6.04 Å². The number of halogens is 3. The zero-order chi connectivity index (χ0) is 13.1. The molecular formula is C13H11ClF2N2. The van der Waals surface area contributed by atoms with E-state index in [2.05, 4.69) is 5.43 Å². The van der Waals surface area contributed by atoms with Crippen LogP contribution in [0.3, 0.4) is 0 Å². The van der Waals surface area contributed by atoms with E-state index in [1.165, 1.54) is 12.1 Å². The molecule has 0 saturated carbocycles. The molecule has 0 aromatic heterocycles. The Kier molecular flexibility index (Phi) is 3.91. The average molecular weight is 269 g/mol. The Bertz CT molecular complexity index is 543. The minimum absolute atomic E-state index is 0.153. The van der Waals surface area contributed by atoms with Gasteiger partial charge in [0.25, 0.3) is 0 Å².